The maximum absolute atomic E-state index is 6.17. The Hall–Kier alpha value is -1.03. The number of nitrogens with zero attached hydrogens (tertiary/aromatic N) is 2. The van der Waals surface area contributed by atoms with Crippen LogP contribution in [-0.4, -0.2) is 9.55 Å². The summed E-state index contributed by atoms with van der Waals surface area (Å²) in [4.78, 5) is 4.51. The van der Waals surface area contributed by atoms with E-state index in [9.17, 15) is 0 Å². The van der Waals surface area contributed by atoms with E-state index in [1.54, 1.807) is 0 Å². The molecule has 2 N–H and O–H groups in total. The van der Waals surface area contributed by atoms with Crippen LogP contribution in [0.5, 0.6) is 0 Å². The van der Waals surface area contributed by atoms with E-state index in [0.29, 0.717) is 17.9 Å². The highest BCUT2D eigenvalue weighted by Crippen LogP contribution is 2.44. The molecule has 2 aromatic rings. The van der Waals surface area contributed by atoms with Gasteiger partial charge in [0, 0.05) is 10.5 Å². The summed E-state index contributed by atoms with van der Waals surface area (Å²) < 4.78 is 3.30. The molecule has 19 heavy (non-hydrogen) atoms. The Bertz CT molecular complexity index is 605. The second-order valence-electron chi connectivity index (χ2n) is 5.65. The SMILES string of the molecule is CCC1CCC(n2c(N)nc3cc(Br)ccc32)C1C. The number of nitrogen functional groups attached to an aromatic ring is 1. The molecule has 1 aliphatic carbocycles. The fraction of sp³-hybridized carbons (Fsp3) is 0.533. The topological polar surface area (TPSA) is 43.8 Å². The molecule has 0 amide bonds. The molecule has 1 aliphatic rings. The fourth-order valence-electron chi connectivity index (χ4n) is 3.60. The number of benzene rings is 1. The molecular weight excluding hydrogens is 302 g/mol. The maximum atomic E-state index is 6.17. The van der Waals surface area contributed by atoms with Gasteiger partial charge in [0.1, 0.15) is 0 Å². The average Bonchev–Trinajstić information content (AvgIpc) is 2.88. The standard InChI is InChI=1S/C15H20BrN3/c1-3-10-4-6-13(9(10)2)19-14-7-5-11(16)8-12(14)18-15(19)17/h5,7-10,13H,3-4,6H2,1-2H3,(H2,17,18). The number of rotatable bonds is 2. The van der Waals surface area contributed by atoms with E-state index in [0.717, 1.165) is 21.4 Å². The molecule has 0 spiro atoms. The van der Waals surface area contributed by atoms with Crippen LogP contribution >= 0.6 is 15.9 Å². The molecule has 0 saturated heterocycles. The van der Waals surface area contributed by atoms with Crippen molar-refractivity contribution >= 4 is 32.9 Å². The predicted octanol–water partition coefficient (Wildman–Crippen LogP) is 4.38. The lowest BCUT2D eigenvalue weighted by atomic mass is 9.93. The summed E-state index contributed by atoms with van der Waals surface area (Å²) in [5, 5.41) is 0. The highest BCUT2D eigenvalue weighted by molar-refractivity contribution is 9.10. The van der Waals surface area contributed by atoms with Crippen LogP contribution in [0.2, 0.25) is 0 Å². The Kier molecular flexibility index (Phi) is 3.29. The van der Waals surface area contributed by atoms with Gasteiger partial charge in [0.25, 0.3) is 0 Å². The zero-order chi connectivity index (χ0) is 13.6. The Morgan fingerprint density at radius 3 is 2.89 bits per heavy atom. The van der Waals surface area contributed by atoms with Crippen molar-refractivity contribution in [3.8, 4) is 0 Å². The number of imidazole rings is 1. The first-order valence-corrected chi connectivity index (χ1v) is 7.84. The van der Waals surface area contributed by atoms with Crippen LogP contribution in [0.1, 0.15) is 39.2 Å². The molecule has 1 aromatic heterocycles. The van der Waals surface area contributed by atoms with Gasteiger partial charge in [-0.25, -0.2) is 4.98 Å². The smallest absolute Gasteiger partial charge is 0.201 e. The van der Waals surface area contributed by atoms with E-state index in [4.69, 9.17) is 5.73 Å². The Morgan fingerprint density at radius 2 is 2.21 bits per heavy atom. The van der Waals surface area contributed by atoms with E-state index >= 15 is 0 Å². The van der Waals surface area contributed by atoms with Crippen LogP contribution in [-0.2, 0) is 0 Å². The van der Waals surface area contributed by atoms with Gasteiger partial charge in [-0.3, -0.25) is 0 Å². The molecule has 0 radical (unpaired) electrons. The lowest BCUT2D eigenvalue weighted by molar-refractivity contribution is 0.336. The van der Waals surface area contributed by atoms with Crippen molar-refractivity contribution in [1.82, 2.24) is 9.55 Å². The second-order valence-corrected chi connectivity index (χ2v) is 6.56. The van der Waals surface area contributed by atoms with Crippen LogP contribution in [0.25, 0.3) is 11.0 Å². The number of aromatic nitrogens is 2. The van der Waals surface area contributed by atoms with Gasteiger partial charge < -0.3 is 10.3 Å². The van der Waals surface area contributed by atoms with Crippen LogP contribution in [0.15, 0.2) is 22.7 Å². The number of anilines is 1. The van der Waals surface area contributed by atoms with Crippen molar-refractivity contribution in [3.05, 3.63) is 22.7 Å². The van der Waals surface area contributed by atoms with Gasteiger partial charge in [-0.2, -0.15) is 0 Å². The highest BCUT2D eigenvalue weighted by atomic mass is 79.9. The Labute approximate surface area is 122 Å². The summed E-state index contributed by atoms with van der Waals surface area (Å²) >= 11 is 3.49. The third-order valence-electron chi connectivity index (χ3n) is 4.72. The van der Waals surface area contributed by atoms with Crippen LogP contribution < -0.4 is 5.73 Å². The zero-order valence-electron chi connectivity index (χ0n) is 11.4. The molecule has 0 aliphatic heterocycles. The van der Waals surface area contributed by atoms with Gasteiger partial charge in [0.05, 0.1) is 11.0 Å². The minimum absolute atomic E-state index is 0.496. The molecule has 1 heterocycles. The molecule has 4 heteroatoms. The lowest BCUT2D eigenvalue weighted by Crippen LogP contribution is -2.17. The molecule has 3 rings (SSSR count). The van der Waals surface area contributed by atoms with Gasteiger partial charge in [-0.05, 0) is 42.9 Å². The minimum Gasteiger partial charge on any atom is -0.369 e. The van der Waals surface area contributed by atoms with E-state index in [-0.39, 0.29) is 0 Å². The molecule has 1 saturated carbocycles. The first kappa shape index (κ1) is 13.0. The number of hydrogen-bond acceptors (Lipinski definition) is 2. The van der Waals surface area contributed by atoms with E-state index in [2.05, 4.69) is 51.5 Å². The molecule has 3 nitrogen and oxygen atoms in total. The van der Waals surface area contributed by atoms with Gasteiger partial charge in [-0.1, -0.05) is 36.2 Å². The summed E-state index contributed by atoms with van der Waals surface area (Å²) in [6, 6.07) is 6.72. The summed E-state index contributed by atoms with van der Waals surface area (Å²) in [5.41, 5.74) is 8.32. The largest absolute Gasteiger partial charge is 0.369 e. The third kappa shape index (κ3) is 2.06. The normalized spacial score (nSPS) is 27.2. The molecule has 3 atom stereocenters. The predicted molar refractivity (Wildman–Crippen MR) is 83.1 cm³/mol. The highest BCUT2D eigenvalue weighted by Gasteiger charge is 2.34. The van der Waals surface area contributed by atoms with Crippen molar-refractivity contribution in [3.63, 3.8) is 0 Å². The molecule has 1 fully saturated rings. The molecule has 0 bridgehead atoms. The maximum Gasteiger partial charge on any atom is 0.201 e. The van der Waals surface area contributed by atoms with E-state index in [1.807, 2.05) is 6.07 Å². The molecule has 3 unspecified atom stereocenters. The Morgan fingerprint density at radius 1 is 1.42 bits per heavy atom. The monoisotopic (exact) mass is 321 g/mol. The van der Waals surface area contributed by atoms with Crippen LogP contribution in [0.4, 0.5) is 5.95 Å². The van der Waals surface area contributed by atoms with Crippen LogP contribution in [0, 0.1) is 11.8 Å². The number of fused-ring (bicyclic) bond motifs is 1. The van der Waals surface area contributed by atoms with Gasteiger partial charge in [0.15, 0.2) is 0 Å². The first-order chi connectivity index (χ1) is 9.11. The summed E-state index contributed by atoms with van der Waals surface area (Å²) in [6.07, 6.45) is 3.78. The quantitative estimate of drug-likeness (QED) is 0.892. The zero-order valence-corrected chi connectivity index (χ0v) is 13.0. The van der Waals surface area contributed by atoms with Crippen molar-refractivity contribution < 1.29 is 0 Å². The van der Waals surface area contributed by atoms with Crippen molar-refractivity contribution in [1.29, 1.82) is 0 Å². The lowest BCUT2D eigenvalue weighted by Gasteiger charge is -2.22. The fourth-order valence-corrected chi connectivity index (χ4v) is 3.95. The van der Waals surface area contributed by atoms with Gasteiger partial charge in [0.2, 0.25) is 5.95 Å². The van der Waals surface area contributed by atoms with Crippen molar-refractivity contribution in [2.24, 2.45) is 11.8 Å². The Balaban J connectivity index is 2.08. The summed E-state index contributed by atoms with van der Waals surface area (Å²) in [5.74, 6) is 2.15. The van der Waals surface area contributed by atoms with Crippen molar-refractivity contribution in [2.45, 2.75) is 39.2 Å². The molecule has 102 valence electrons. The minimum atomic E-state index is 0.496. The average molecular weight is 322 g/mol. The van der Waals surface area contributed by atoms with Crippen LogP contribution in [0.3, 0.4) is 0 Å². The summed E-state index contributed by atoms with van der Waals surface area (Å²) in [6.45, 7) is 4.64. The van der Waals surface area contributed by atoms with Gasteiger partial charge >= 0.3 is 0 Å². The summed E-state index contributed by atoms with van der Waals surface area (Å²) in [7, 11) is 0. The van der Waals surface area contributed by atoms with E-state index in [1.165, 1.54) is 19.3 Å². The number of nitrogens with two attached hydrogens (primary N) is 1. The number of hydrogen-bond donors (Lipinski definition) is 1. The first-order valence-electron chi connectivity index (χ1n) is 7.04. The third-order valence-corrected chi connectivity index (χ3v) is 5.21. The second kappa shape index (κ2) is 4.82. The van der Waals surface area contributed by atoms with Gasteiger partial charge in [-0.15, -0.1) is 0 Å². The molecule has 1 aromatic carbocycles. The number of halogens is 1. The van der Waals surface area contributed by atoms with E-state index < -0.39 is 0 Å². The van der Waals surface area contributed by atoms with Crippen molar-refractivity contribution in [2.75, 3.05) is 5.73 Å². The molecular formula is C15H20BrN3.